The van der Waals surface area contributed by atoms with Crippen molar-refractivity contribution in [3.05, 3.63) is 45.6 Å². The van der Waals surface area contributed by atoms with Gasteiger partial charge in [-0.25, -0.2) is 9.97 Å². The number of benzene rings is 1. The highest BCUT2D eigenvalue weighted by Gasteiger charge is 2.05. The lowest BCUT2D eigenvalue weighted by Crippen LogP contribution is -1.96. The van der Waals surface area contributed by atoms with Crippen LogP contribution < -0.4 is 5.73 Å². The SMILES string of the molecule is Cc1cc(C)cc(CSc2nc(N)ncc2Br)c1. The molecule has 0 aliphatic heterocycles. The Hall–Kier alpha value is -1.07. The summed E-state index contributed by atoms with van der Waals surface area (Å²) in [4.78, 5) is 8.14. The molecule has 1 aromatic heterocycles. The van der Waals surface area contributed by atoms with E-state index in [2.05, 4.69) is 57.9 Å². The van der Waals surface area contributed by atoms with Gasteiger partial charge in [0.05, 0.1) is 4.47 Å². The highest BCUT2D eigenvalue weighted by Crippen LogP contribution is 2.28. The van der Waals surface area contributed by atoms with Gasteiger partial charge in [0.15, 0.2) is 0 Å². The van der Waals surface area contributed by atoms with E-state index in [-0.39, 0.29) is 0 Å². The Balaban J connectivity index is 2.13. The summed E-state index contributed by atoms with van der Waals surface area (Å²) in [5.41, 5.74) is 9.45. The Kier molecular flexibility index (Phi) is 4.24. The molecule has 94 valence electrons. The molecule has 0 aliphatic rings. The maximum absolute atomic E-state index is 5.59. The van der Waals surface area contributed by atoms with Crippen LogP contribution in [0.15, 0.2) is 33.9 Å². The molecule has 1 heterocycles. The van der Waals surface area contributed by atoms with Crippen LogP contribution in [-0.4, -0.2) is 9.97 Å². The zero-order valence-electron chi connectivity index (χ0n) is 10.3. The number of anilines is 1. The maximum Gasteiger partial charge on any atom is 0.221 e. The first-order valence-corrected chi connectivity index (χ1v) is 7.30. The van der Waals surface area contributed by atoms with E-state index in [0.29, 0.717) is 5.95 Å². The fraction of sp³-hybridized carbons (Fsp3) is 0.231. The average Bonchev–Trinajstić information content (AvgIpc) is 2.29. The van der Waals surface area contributed by atoms with Crippen LogP contribution in [0.25, 0.3) is 0 Å². The minimum Gasteiger partial charge on any atom is -0.368 e. The second-order valence-corrected chi connectivity index (χ2v) is 5.98. The molecule has 5 heteroatoms. The quantitative estimate of drug-likeness (QED) is 0.690. The van der Waals surface area contributed by atoms with Crippen molar-refractivity contribution in [3.63, 3.8) is 0 Å². The minimum atomic E-state index is 0.307. The van der Waals surface area contributed by atoms with Gasteiger partial charge in [0.25, 0.3) is 0 Å². The number of aryl methyl sites for hydroxylation is 2. The molecule has 0 fully saturated rings. The lowest BCUT2D eigenvalue weighted by atomic mass is 10.1. The lowest BCUT2D eigenvalue weighted by Gasteiger charge is -2.06. The zero-order valence-corrected chi connectivity index (χ0v) is 12.7. The van der Waals surface area contributed by atoms with E-state index in [1.54, 1.807) is 18.0 Å². The summed E-state index contributed by atoms with van der Waals surface area (Å²) in [7, 11) is 0. The summed E-state index contributed by atoms with van der Waals surface area (Å²) in [6.45, 7) is 4.22. The number of halogens is 1. The van der Waals surface area contributed by atoms with E-state index in [9.17, 15) is 0 Å². The summed E-state index contributed by atoms with van der Waals surface area (Å²) >= 11 is 5.09. The van der Waals surface area contributed by atoms with Crippen LogP contribution in [0.2, 0.25) is 0 Å². The number of hydrogen-bond acceptors (Lipinski definition) is 4. The van der Waals surface area contributed by atoms with Crippen molar-refractivity contribution in [3.8, 4) is 0 Å². The van der Waals surface area contributed by atoms with Gasteiger partial charge < -0.3 is 5.73 Å². The molecule has 0 bridgehead atoms. The topological polar surface area (TPSA) is 51.8 Å². The predicted octanol–water partition coefficient (Wildman–Crippen LogP) is 3.73. The summed E-state index contributed by atoms with van der Waals surface area (Å²) in [6.07, 6.45) is 1.69. The smallest absolute Gasteiger partial charge is 0.221 e. The first kappa shape index (κ1) is 13.4. The monoisotopic (exact) mass is 323 g/mol. The Morgan fingerprint density at radius 1 is 1.22 bits per heavy atom. The number of aromatic nitrogens is 2. The largest absolute Gasteiger partial charge is 0.368 e. The third kappa shape index (κ3) is 3.46. The predicted molar refractivity (Wildman–Crippen MR) is 79.6 cm³/mol. The molecule has 0 amide bonds. The molecule has 18 heavy (non-hydrogen) atoms. The second kappa shape index (κ2) is 5.71. The van der Waals surface area contributed by atoms with Gasteiger partial charge in [-0.15, -0.1) is 11.8 Å². The van der Waals surface area contributed by atoms with E-state index < -0.39 is 0 Å². The number of rotatable bonds is 3. The molecule has 0 radical (unpaired) electrons. The van der Waals surface area contributed by atoms with Gasteiger partial charge in [-0.1, -0.05) is 29.3 Å². The Bertz CT molecular complexity index is 552. The summed E-state index contributed by atoms with van der Waals surface area (Å²) in [5.74, 6) is 1.18. The molecule has 2 aromatic rings. The molecule has 0 spiro atoms. The maximum atomic E-state index is 5.59. The van der Waals surface area contributed by atoms with Crippen LogP contribution in [-0.2, 0) is 5.75 Å². The van der Waals surface area contributed by atoms with Gasteiger partial charge in [0.1, 0.15) is 5.03 Å². The fourth-order valence-electron chi connectivity index (χ4n) is 1.77. The minimum absolute atomic E-state index is 0.307. The Morgan fingerprint density at radius 3 is 2.56 bits per heavy atom. The van der Waals surface area contributed by atoms with Gasteiger partial charge in [-0.05, 0) is 35.3 Å². The standard InChI is InChI=1S/C13H14BrN3S/c1-8-3-9(2)5-10(4-8)7-18-12-11(14)6-16-13(15)17-12/h3-6H,7H2,1-2H3,(H2,15,16,17). The lowest BCUT2D eigenvalue weighted by molar-refractivity contribution is 1.04. The second-order valence-electron chi connectivity index (χ2n) is 4.17. The molecule has 0 aliphatic carbocycles. The Morgan fingerprint density at radius 2 is 1.89 bits per heavy atom. The van der Waals surface area contributed by atoms with Crippen LogP contribution >= 0.6 is 27.7 Å². The van der Waals surface area contributed by atoms with Crippen molar-refractivity contribution in [1.82, 2.24) is 9.97 Å². The zero-order chi connectivity index (χ0) is 13.1. The highest BCUT2D eigenvalue weighted by atomic mass is 79.9. The number of nitrogen functional groups attached to an aromatic ring is 1. The van der Waals surface area contributed by atoms with Crippen LogP contribution in [0, 0.1) is 13.8 Å². The molecule has 0 atom stereocenters. The summed E-state index contributed by atoms with van der Waals surface area (Å²) < 4.78 is 0.881. The average molecular weight is 324 g/mol. The van der Waals surface area contributed by atoms with Crippen molar-refractivity contribution in [1.29, 1.82) is 0 Å². The van der Waals surface area contributed by atoms with Gasteiger partial charge in [0.2, 0.25) is 5.95 Å². The highest BCUT2D eigenvalue weighted by molar-refractivity contribution is 9.10. The molecule has 2 rings (SSSR count). The molecule has 0 saturated carbocycles. The molecule has 0 unspecified atom stereocenters. The molecular formula is C13H14BrN3S. The van der Waals surface area contributed by atoms with E-state index in [4.69, 9.17) is 5.73 Å². The van der Waals surface area contributed by atoms with Gasteiger partial charge in [-0.3, -0.25) is 0 Å². The third-order valence-corrected chi connectivity index (χ3v) is 4.29. The van der Waals surface area contributed by atoms with Crippen molar-refractivity contribution >= 4 is 33.6 Å². The van der Waals surface area contributed by atoms with E-state index in [1.807, 2.05) is 0 Å². The van der Waals surface area contributed by atoms with Gasteiger partial charge >= 0.3 is 0 Å². The van der Waals surface area contributed by atoms with E-state index >= 15 is 0 Å². The van der Waals surface area contributed by atoms with Crippen LogP contribution in [0.3, 0.4) is 0 Å². The first-order chi connectivity index (χ1) is 8.54. The van der Waals surface area contributed by atoms with Gasteiger partial charge in [0, 0.05) is 11.9 Å². The van der Waals surface area contributed by atoms with Crippen molar-refractivity contribution in [2.45, 2.75) is 24.6 Å². The number of nitrogens with zero attached hydrogens (tertiary/aromatic N) is 2. The van der Waals surface area contributed by atoms with Crippen molar-refractivity contribution < 1.29 is 0 Å². The number of hydrogen-bond donors (Lipinski definition) is 1. The van der Waals surface area contributed by atoms with E-state index in [0.717, 1.165) is 15.3 Å². The molecule has 2 N–H and O–H groups in total. The third-order valence-electron chi connectivity index (χ3n) is 2.39. The van der Waals surface area contributed by atoms with Crippen LogP contribution in [0.4, 0.5) is 5.95 Å². The van der Waals surface area contributed by atoms with E-state index in [1.165, 1.54) is 16.7 Å². The molecule has 3 nitrogen and oxygen atoms in total. The number of nitrogens with two attached hydrogens (primary N) is 1. The summed E-state index contributed by atoms with van der Waals surface area (Å²) in [6, 6.07) is 6.56. The van der Waals surface area contributed by atoms with Gasteiger partial charge in [-0.2, -0.15) is 0 Å². The molecule has 0 saturated heterocycles. The van der Waals surface area contributed by atoms with Crippen LogP contribution in [0.1, 0.15) is 16.7 Å². The molecular weight excluding hydrogens is 310 g/mol. The van der Waals surface area contributed by atoms with Crippen LogP contribution in [0.5, 0.6) is 0 Å². The fourth-order valence-corrected chi connectivity index (χ4v) is 3.12. The first-order valence-electron chi connectivity index (χ1n) is 5.52. The molecule has 1 aromatic carbocycles. The van der Waals surface area contributed by atoms with Crippen molar-refractivity contribution in [2.24, 2.45) is 0 Å². The normalized spacial score (nSPS) is 10.6. The Labute approximate surface area is 119 Å². The number of thioether (sulfide) groups is 1. The summed E-state index contributed by atoms with van der Waals surface area (Å²) in [5, 5.41) is 0.877. The van der Waals surface area contributed by atoms with Crippen molar-refractivity contribution in [2.75, 3.05) is 5.73 Å².